The average Bonchev–Trinajstić information content (AvgIpc) is 2.92. The van der Waals surface area contributed by atoms with Gasteiger partial charge >= 0.3 is 0 Å². The van der Waals surface area contributed by atoms with Crippen molar-refractivity contribution in [2.75, 3.05) is 11.9 Å². The van der Waals surface area contributed by atoms with Crippen LogP contribution in [0.25, 0.3) is 0 Å². The highest BCUT2D eigenvalue weighted by Gasteiger charge is 2.01. The highest BCUT2D eigenvalue weighted by Crippen LogP contribution is 2.16. The Morgan fingerprint density at radius 3 is 2.53 bits per heavy atom. The number of nitrogens with one attached hydrogen (secondary N) is 1. The Kier molecular flexibility index (Phi) is 4.05. The molecule has 0 aliphatic heterocycles. The first-order valence-corrected chi connectivity index (χ1v) is 5.64. The summed E-state index contributed by atoms with van der Waals surface area (Å²) in [6.07, 6.45) is 0. The van der Waals surface area contributed by atoms with Crippen molar-refractivity contribution in [3.63, 3.8) is 0 Å². The van der Waals surface area contributed by atoms with Crippen molar-refractivity contribution in [3.8, 4) is 17.9 Å². The van der Waals surface area contributed by atoms with E-state index in [1.165, 1.54) is 0 Å². The van der Waals surface area contributed by atoms with Crippen LogP contribution >= 0.6 is 0 Å². The SMILES string of the molecule is N#CCOc1ccc(NCc2ccc(C#N)o2)cc1. The summed E-state index contributed by atoms with van der Waals surface area (Å²) in [5.74, 6) is 1.65. The van der Waals surface area contributed by atoms with Crippen LogP contribution in [-0.4, -0.2) is 6.61 Å². The highest BCUT2D eigenvalue weighted by molar-refractivity contribution is 5.46. The Balaban J connectivity index is 1.89. The summed E-state index contributed by atoms with van der Waals surface area (Å²) in [6.45, 7) is 0.538. The molecule has 0 saturated heterocycles. The first-order chi connectivity index (χ1) is 9.31. The Hall–Kier alpha value is -2.92. The average molecular weight is 253 g/mol. The van der Waals surface area contributed by atoms with Crippen LogP contribution in [0.4, 0.5) is 5.69 Å². The second-order valence-corrected chi connectivity index (χ2v) is 3.70. The summed E-state index contributed by atoms with van der Waals surface area (Å²) >= 11 is 0. The van der Waals surface area contributed by atoms with Gasteiger partial charge in [0.05, 0.1) is 6.54 Å². The molecule has 2 rings (SSSR count). The molecule has 0 atom stereocenters. The molecule has 0 fully saturated rings. The minimum atomic E-state index is 0.0378. The lowest BCUT2D eigenvalue weighted by Gasteiger charge is -2.06. The van der Waals surface area contributed by atoms with Crippen molar-refractivity contribution in [2.45, 2.75) is 6.54 Å². The predicted octanol–water partition coefficient (Wildman–Crippen LogP) is 2.67. The van der Waals surface area contributed by atoms with E-state index < -0.39 is 0 Å². The molecule has 0 unspecified atom stereocenters. The lowest BCUT2D eigenvalue weighted by atomic mass is 10.3. The van der Waals surface area contributed by atoms with Crippen molar-refractivity contribution in [1.82, 2.24) is 0 Å². The molecule has 0 saturated carbocycles. The van der Waals surface area contributed by atoms with Crippen molar-refractivity contribution in [2.24, 2.45) is 0 Å². The summed E-state index contributed by atoms with van der Waals surface area (Å²) in [7, 11) is 0. The second kappa shape index (κ2) is 6.13. The van der Waals surface area contributed by atoms with Gasteiger partial charge in [-0.2, -0.15) is 10.5 Å². The van der Waals surface area contributed by atoms with Crippen molar-refractivity contribution in [1.29, 1.82) is 10.5 Å². The van der Waals surface area contributed by atoms with Gasteiger partial charge in [-0.3, -0.25) is 0 Å². The first kappa shape index (κ1) is 12.5. The predicted molar refractivity (Wildman–Crippen MR) is 68.3 cm³/mol. The lowest BCUT2D eigenvalue weighted by Crippen LogP contribution is -1.98. The van der Waals surface area contributed by atoms with E-state index in [1.54, 1.807) is 24.3 Å². The van der Waals surface area contributed by atoms with Gasteiger partial charge in [-0.1, -0.05) is 0 Å². The number of hydrogen-bond donors (Lipinski definition) is 1. The van der Waals surface area contributed by atoms with Gasteiger partial charge in [0, 0.05) is 5.69 Å². The standard InChI is InChI=1S/C14H11N3O2/c15-7-8-18-12-3-1-11(2-4-12)17-10-14-6-5-13(9-16)19-14/h1-6,17H,8,10H2. The van der Waals surface area contributed by atoms with Crippen LogP contribution < -0.4 is 10.1 Å². The van der Waals surface area contributed by atoms with Crippen LogP contribution in [0.5, 0.6) is 5.75 Å². The maximum Gasteiger partial charge on any atom is 0.203 e. The molecule has 0 bridgehead atoms. The molecule has 2 aromatic rings. The van der Waals surface area contributed by atoms with Crippen molar-refractivity contribution < 1.29 is 9.15 Å². The molecule has 0 radical (unpaired) electrons. The van der Waals surface area contributed by atoms with E-state index in [2.05, 4.69) is 5.32 Å². The molecular formula is C14H11N3O2. The molecule has 1 heterocycles. The van der Waals surface area contributed by atoms with Crippen LogP contribution in [0, 0.1) is 22.7 Å². The van der Waals surface area contributed by atoms with Crippen LogP contribution in [0.2, 0.25) is 0 Å². The Morgan fingerprint density at radius 2 is 1.89 bits per heavy atom. The summed E-state index contributed by atoms with van der Waals surface area (Å²) in [6, 6.07) is 14.5. The maximum absolute atomic E-state index is 8.64. The van der Waals surface area contributed by atoms with Crippen molar-refractivity contribution in [3.05, 3.63) is 47.9 Å². The zero-order valence-electron chi connectivity index (χ0n) is 10.1. The van der Waals surface area contributed by atoms with Gasteiger partial charge in [0.2, 0.25) is 5.76 Å². The van der Waals surface area contributed by atoms with Crippen molar-refractivity contribution >= 4 is 5.69 Å². The number of nitrogens with zero attached hydrogens (tertiary/aromatic N) is 2. The number of hydrogen-bond acceptors (Lipinski definition) is 5. The molecular weight excluding hydrogens is 242 g/mol. The third-order valence-corrected chi connectivity index (χ3v) is 2.40. The van der Waals surface area contributed by atoms with E-state index in [-0.39, 0.29) is 6.61 Å². The van der Waals surface area contributed by atoms with E-state index in [9.17, 15) is 0 Å². The summed E-state index contributed by atoms with van der Waals surface area (Å²) in [5, 5.41) is 20.2. The number of anilines is 1. The normalized spacial score (nSPS) is 9.37. The van der Waals surface area contributed by atoms with Gasteiger partial charge in [-0.15, -0.1) is 0 Å². The fourth-order valence-electron chi connectivity index (χ4n) is 1.51. The second-order valence-electron chi connectivity index (χ2n) is 3.70. The van der Waals surface area contributed by atoms with E-state index in [0.29, 0.717) is 23.8 Å². The van der Waals surface area contributed by atoms with E-state index >= 15 is 0 Å². The fourth-order valence-corrected chi connectivity index (χ4v) is 1.51. The minimum Gasteiger partial charge on any atom is -0.479 e. The molecule has 1 aromatic carbocycles. The van der Waals surface area contributed by atoms with Crippen LogP contribution in [-0.2, 0) is 6.54 Å². The lowest BCUT2D eigenvalue weighted by molar-refractivity contribution is 0.368. The largest absolute Gasteiger partial charge is 0.479 e. The van der Waals surface area contributed by atoms with E-state index in [4.69, 9.17) is 19.7 Å². The smallest absolute Gasteiger partial charge is 0.203 e. The maximum atomic E-state index is 8.64. The van der Waals surface area contributed by atoms with E-state index in [0.717, 1.165) is 5.69 Å². The van der Waals surface area contributed by atoms with Gasteiger partial charge in [0.1, 0.15) is 23.6 Å². The summed E-state index contributed by atoms with van der Waals surface area (Å²) < 4.78 is 10.4. The first-order valence-electron chi connectivity index (χ1n) is 5.64. The molecule has 94 valence electrons. The van der Waals surface area contributed by atoms with Gasteiger partial charge in [0.25, 0.3) is 0 Å². The molecule has 0 aliphatic rings. The summed E-state index contributed by atoms with van der Waals surface area (Å²) in [5.41, 5.74) is 0.902. The van der Waals surface area contributed by atoms with E-state index in [1.807, 2.05) is 24.3 Å². The van der Waals surface area contributed by atoms with Crippen LogP contribution in [0.1, 0.15) is 11.5 Å². The van der Waals surface area contributed by atoms with Crippen LogP contribution in [0.3, 0.4) is 0 Å². The van der Waals surface area contributed by atoms with Gasteiger partial charge in [-0.05, 0) is 36.4 Å². The third-order valence-electron chi connectivity index (χ3n) is 2.40. The molecule has 5 heteroatoms. The Bertz CT molecular complexity index is 617. The number of nitriles is 2. The highest BCUT2D eigenvalue weighted by atomic mass is 16.5. The minimum absolute atomic E-state index is 0.0378. The summed E-state index contributed by atoms with van der Waals surface area (Å²) in [4.78, 5) is 0. The molecule has 1 aromatic heterocycles. The van der Waals surface area contributed by atoms with Gasteiger partial charge in [-0.25, -0.2) is 0 Å². The number of benzene rings is 1. The number of rotatable bonds is 5. The Labute approximate surface area is 110 Å². The molecule has 0 aliphatic carbocycles. The zero-order chi connectivity index (χ0) is 13.5. The molecule has 0 spiro atoms. The van der Waals surface area contributed by atoms with Gasteiger partial charge < -0.3 is 14.5 Å². The monoisotopic (exact) mass is 253 g/mol. The zero-order valence-corrected chi connectivity index (χ0v) is 10.1. The molecule has 5 nitrogen and oxygen atoms in total. The quantitative estimate of drug-likeness (QED) is 0.885. The number of furan rings is 1. The van der Waals surface area contributed by atoms with Crippen LogP contribution in [0.15, 0.2) is 40.8 Å². The Morgan fingerprint density at radius 1 is 1.11 bits per heavy atom. The molecule has 19 heavy (non-hydrogen) atoms. The molecule has 0 amide bonds. The number of ether oxygens (including phenoxy) is 1. The van der Waals surface area contributed by atoms with Gasteiger partial charge in [0.15, 0.2) is 6.61 Å². The third kappa shape index (κ3) is 3.52. The topological polar surface area (TPSA) is 82.0 Å². The fraction of sp³-hybridized carbons (Fsp3) is 0.143. The molecule has 1 N–H and O–H groups in total.